The van der Waals surface area contributed by atoms with Gasteiger partial charge in [-0.25, -0.2) is 0 Å². The van der Waals surface area contributed by atoms with E-state index >= 15 is 0 Å². The fraction of sp³-hybridized carbons (Fsp3) is 0.0400. The lowest BCUT2D eigenvalue weighted by Crippen LogP contribution is -1.96. The van der Waals surface area contributed by atoms with Gasteiger partial charge in [-0.05, 0) is 58.7 Å². The van der Waals surface area contributed by atoms with E-state index in [0.717, 1.165) is 65.4 Å². The Morgan fingerprint density at radius 2 is 1.36 bits per heavy atom. The number of nitrogen functional groups attached to an aromatic ring is 2. The summed E-state index contributed by atoms with van der Waals surface area (Å²) in [6.07, 6.45) is 0. The molecular formula is C25H19ClN2. The number of anilines is 2. The van der Waals surface area contributed by atoms with E-state index in [-0.39, 0.29) is 0 Å². The van der Waals surface area contributed by atoms with Crippen LogP contribution < -0.4 is 11.5 Å². The number of halogens is 1. The Balaban J connectivity index is 1.94. The normalized spacial score (nSPS) is 11.5. The molecule has 0 aliphatic heterocycles. The molecule has 0 aromatic heterocycles. The second-order valence-corrected chi connectivity index (χ2v) is 7.70. The van der Waals surface area contributed by atoms with Crippen LogP contribution in [0.2, 0.25) is 5.02 Å². The highest BCUT2D eigenvalue weighted by Gasteiger charge is 2.14. The largest absolute Gasteiger partial charge is 0.398 e. The van der Waals surface area contributed by atoms with Gasteiger partial charge >= 0.3 is 0 Å². The number of hydrogen-bond acceptors (Lipinski definition) is 2. The molecule has 0 amide bonds. The summed E-state index contributed by atoms with van der Waals surface area (Å²) in [7, 11) is 0. The van der Waals surface area contributed by atoms with Crippen LogP contribution in [-0.4, -0.2) is 0 Å². The van der Waals surface area contributed by atoms with E-state index in [1.165, 1.54) is 0 Å². The van der Waals surface area contributed by atoms with E-state index in [9.17, 15) is 0 Å². The molecule has 3 heteroatoms. The lowest BCUT2D eigenvalue weighted by molar-refractivity contribution is 1.47. The van der Waals surface area contributed by atoms with Gasteiger partial charge in [0.05, 0.1) is 0 Å². The van der Waals surface area contributed by atoms with Crippen molar-refractivity contribution in [2.45, 2.75) is 6.92 Å². The first-order chi connectivity index (χ1) is 13.5. The minimum Gasteiger partial charge on any atom is -0.398 e. The predicted octanol–water partition coefficient (Wildman–Crippen LogP) is 6.94. The van der Waals surface area contributed by atoms with Gasteiger partial charge in [0, 0.05) is 37.9 Å². The SMILES string of the molecule is Cc1cc(Cl)ccc1-c1cccc2cc3c(N)c4ccccc4cc3c(N)c12. The first kappa shape index (κ1) is 16.9. The quantitative estimate of drug-likeness (QED) is 0.243. The highest BCUT2D eigenvalue weighted by atomic mass is 35.5. The van der Waals surface area contributed by atoms with Crippen molar-refractivity contribution in [2.75, 3.05) is 11.5 Å². The standard InChI is InChI=1S/C25H19ClN2/c1-14-11-17(26)9-10-18(14)20-8-4-6-16-13-21-22(25(28)23(16)20)12-15-5-2-3-7-19(15)24(21)27/h2-13H,27-28H2,1H3. The zero-order valence-electron chi connectivity index (χ0n) is 15.5. The van der Waals surface area contributed by atoms with Crippen LogP contribution in [0.1, 0.15) is 5.56 Å². The van der Waals surface area contributed by atoms with Crippen molar-refractivity contribution >= 4 is 55.3 Å². The minimum atomic E-state index is 0.735. The fourth-order valence-corrected chi connectivity index (χ4v) is 4.43. The summed E-state index contributed by atoms with van der Waals surface area (Å²) in [6.45, 7) is 2.07. The van der Waals surface area contributed by atoms with Gasteiger partial charge in [-0.3, -0.25) is 0 Å². The maximum Gasteiger partial charge on any atom is 0.0480 e. The number of aryl methyl sites for hydroxylation is 1. The first-order valence-electron chi connectivity index (χ1n) is 9.23. The molecule has 0 atom stereocenters. The summed E-state index contributed by atoms with van der Waals surface area (Å²) >= 11 is 6.17. The summed E-state index contributed by atoms with van der Waals surface area (Å²) in [4.78, 5) is 0. The number of benzene rings is 5. The van der Waals surface area contributed by atoms with Crippen LogP contribution in [0.15, 0.2) is 72.8 Å². The topological polar surface area (TPSA) is 52.0 Å². The monoisotopic (exact) mass is 382 g/mol. The molecule has 5 rings (SSSR count). The van der Waals surface area contributed by atoms with Crippen LogP contribution in [0, 0.1) is 6.92 Å². The van der Waals surface area contributed by atoms with Crippen LogP contribution in [0.5, 0.6) is 0 Å². The molecule has 28 heavy (non-hydrogen) atoms. The molecule has 2 nitrogen and oxygen atoms in total. The van der Waals surface area contributed by atoms with Crippen molar-refractivity contribution in [3.63, 3.8) is 0 Å². The summed E-state index contributed by atoms with van der Waals surface area (Å²) in [5, 5.41) is 7.00. The average Bonchev–Trinajstić information content (AvgIpc) is 2.69. The molecule has 0 spiro atoms. The van der Waals surface area contributed by atoms with E-state index < -0.39 is 0 Å². The molecule has 0 fully saturated rings. The van der Waals surface area contributed by atoms with Gasteiger partial charge in [0.25, 0.3) is 0 Å². The van der Waals surface area contributed by atoms with E-state index in [2.05, 4.69) is 55.5 Å². The van der Waals surface area contributed by atoms with Crippen molar-refractivity contribution in [3.05, 3.63) is 83.4 Å². The van der Waals surface area contributed by atoms with Gasteiger partial charge in [0.1, 0.15) is 0 Å². The highest BCUT2D eigenvalue weighted by Crippen LogP contribution is 2.42. The Labute approximate surface area is 168 Å². The number of hydrogen-bond donors (Lipinski definition) is 2. The number of fused-ring (bicyclic) bond motifs is 3. The van der Waals surface area contributed by atoms with Gasteiger partial charge < -0.3 is 11.5 Å². The van der Waals surface area contributed by atoms with Crippen LogP contribution in [0.4, 0.5) is 11.4 Å². The maximum atomic E-state index is 6.75. The Bertz CT molecular complexity index is 1400. The second kappa shape index (κ2) is 6.15. The van der Waals surface area contributed by atoms with Crippen molar-refractivity contribution in [2.24, 2.45) is 0 Å². The average molecular weight is 383 g/mol. The van der Waals surface area contributed by atoms with Gasteiger partial charge in [-0.1, -0.05) is 60.1 Å². The van der Waals surface area contributed by atoms with Crippen molar-refractivity contribution < 1.29 is 0 Å². The highest BCUT2D eigenvalue weighted by molar-refractivity contribution is 6.30. The smallest absolute Gasteiger partial charge is 0.0480 e. The lowest BCUT2D eigenvalue weighted by atomic mass is 9.90. The third-order valence-corrected chi connectivity index (χ3v) is 5.80. The fourth-order valence-electron chi connectivity index (χ4n) is 4.20. The van der Waals surface area contributed by atoms with Gasteiger partial charge in [0.15, 0.2) is 0 Å². The zero-order chi connectivity index (χ0) is 19.4. The molecule has 0 radical (unpaired) electrons. The number of nitrogens with two attached hydrogens (primary N) is 2. The van der Waals surface area contributed by atoms with E-state index in [1.54, 1.807) is 0 Å². The van der Waals surface area contributed by atoms with E-state index in [0.29, 0.717) is 0 Å². The molecule has 0 saturated heterocycles. The van der Waals surface area contributed by atoms with Gasteiger partial charge in [0.2, 0.25) is 0 Å². The number of rotatable bonds is 1. The third-order valence-electron chi connectivity index (χ3n) is 5.57. The molecule has 0 bridgehead atoms. The molecule has 5 aromatic carbocycles. The third kappa shape index (κ3) is 2.42. The second-order valence-electron chi connectivity index (χ2n) is 7.26. The molecule has 0 saturated carbocycles. The Morgan fingerprint density at radius 3 is 2.18 bits per heavy atom. The van der Waals surface area contributed by atoms with Crippen molar-refractivity contribution in [1.29, 1.82) is 0 Å². The molecular weight excluding hydrogens is 364 g/mol. The van der Waals surface area contributed by atoms with Crippen LogP contribution in [-0.2, 0) is 0 Å². The Kier molecular flexibility index (Phi) is 3.71. The van der Waals surface area contributed by atoms with E-state index in [4.69, 9.17) is 23.1 Å². The van der Waals surface area contributed by atoms with Gasteiger partial charge in [-0.15, -0.1) is 0 Å². The zero-order valence-corrected chi connectivity index (χ0v) is 16.2. The molecule has 0 unspecified atom stereocenters. The summed E-state index contributed by atoms with van der Waals surface area (Å²) in [5.41, 5.74) is 18.2. The maximum absolute atomic E-state index is 6.75. The molecule has 0 aliphatic carbocycles. The van der Waals surface area contributed by atoms with Crippen molar-refractivity contribution in [1.82, 2.24) is 0 Å². The molecule has 4 N–H and O–H groups in total. The summed E-state index contributed by atoms with van der Waals surface area (Å²) in [5.74, 6) is 0. The van der Waals surface area contributed by atoms with Gasteiger partial charge in [-0.2, -0.15) is 0 Å². The molecule has 0 aliphatic rings. The van der Waals surface area contributed by atoms with E-state index in [1.807, 2.05) is 24.3 Å². The van der Waals surface area contributed by atoms with Crippen LogP contribution >= 0.6 is 11.6 Å². The Hall–Kier alpha value is -3.23. The first-order valence-corrected chi connectivity index (χ1v) is 9.61. The molecule has 136 valence electrons. The molecule has 5 aromatic rings. The van der Waals surface area contributed by atoms with Crippen LogP contribution in [0.3, 0.4) is 0 Å². The minimum absolute atomic E-state index is 0.735. The summed E-state index contributed by atoms with van der Waals surface area (Å²) < 4.78 is 0. The predicted molar refractivity (Wildman–Crippen MR) is 123 cm³/mol. The van der Waals surface area contributed by atoms with Crippen molar-refractivity contribution in [3.8, 4) is 11.1 Å². The molecule has 0 heterocycles. The Morgan fingerprint density at radius 1 is 0.643 bits per heavy atom. The van der Waals surface area contributed by atoms with Crippen LogP contribution in [0.25, 0.3) is 43.4 Å². The lowest BCUT2D eigenvalue weighted by Gasteiger charge is -2.16. The summed E-state index contributed by atoms with van der Waals surface area (Å²) in [6, 6.07) is 24.7.